The van der Waals surface area contributed by atoms with Crippen LogP contribution in [-0.4, -0.2) is 30.5 Å². The number of anilines is 2. The molecule has 3 aromatic carbocycles. The summed E-state index contributed by atoms with van der Waals surface area (Å²) >= 11 is 5.84. The number of amides is 3. The van der Waals surface area contributed by atoms with Crippen LogP contribution in [0, 0.1) is 6.92 Å². The highest BCUT2D eigenvalue weighted by molar-refractivity contribution is 6.39. The van der Waals surface area contributed by atoms with Crippen LogP contribution in [0.3, 0.4) is 0 Å². The van der Waals surface area contributed by atoms with Crippen LogP contribution in [0.15, 0.2) is 77.9 Å². The predicted octanol–water partition coefficient (Wildman–Crippen LogP) is 3.75. The van der Waals surface area contributed by atoms with Gasteiger partial charge in [0.2, 0.25) is 0 Å². The second kappa shape index (κ2) is 11.4. The third-order valence-corrected chi connectivity index (χ3v) is 4.49. The number of benzene rings is 3. The third kappa shape index (κ3) is 7.79. The van der Waals surface area contributed by atoms with Gasteiger partial charge in [-0.1, -0.05) is 35.4 Å². The fraction of sp³-hybridized carbons (Fsp3) is 0.0833. The monoisotopic (exact) mass is 464 g/mol. The van der Waals surface area contributed by atoms with E-state index in [1.54, 1.807) is 42.5 Å². The minimum atomic E-state index is -0.925. The zero-order chi connectivity index (χ0) is 23.6. The molecule has 0 aliphatic carbocycles. The predicted molar refractivity (Wildman–Crippen MR) is 128 cm³/mol. The molecular formula is C24H21ClN4O4. The molecule has 0 aliphatic heterocycles. The van der Waals surface area contributed by atoms with Crippen molar-refractivity contribution in [3.63, 3.8) is 0 Å². The highest BCUT2D eigenvalue weighted by atomic mass is 35.5. The van der Waals surface area contributed by atoms with Crippen LogP contribution in [0.25, 0.3) is 0 Å². The van der Waals surface area contributed by atoms with E-state index in [4.69, 9.17) is 16.3 Å². The van der Waals surface area contributed by atoms with Gasteiger partial charge in [0, 0.05) is 16.4 Å². The van der Waals surface area contributed by atoms with Gasteiger partial charge in [-0.15, -0.1) is 0 Å². The van der Waals surface area contributed by atoms with Crippen molar-refractivity contribution in [2.75, 3.05) is 17.2 Å². The lowest BCUT2D eigenvalue weighted by molar-refractivity contribution is -0.136. The maximum Gasteiger partial charge on any atom is 0.329 e. The number of carbonyl (C=O) groups is 3. The molecule has 33 heavy (non-hydrogen) atoms. The van der Waals surface area contributed by atoms with Crippen molar-refractivity contribution in [2.24, 2.45) is 5.10 Å². The van der Waals surface area contributed by atoms with E-state index in [0.717, 1.165) is 5.56 Å². The lowest BCUT2D eigenvalue weighted by atomic mass is 10.2. The molecule has 0 saturated carbocycles. The van der Waals surface area contributed by atoms with Crippen LogP contribution in [0.5, 0.6) is 5.75 Å². The van der Waals surface area contributed by atoms with Gasteiger partial charge >= 0.3 is 11.8 Å². The molecule has 0 heterocycles. The highest BCUT2D eigenvalue weighted by Gasteiger charge is 2.12. The van der Waals surface area contributed by atoms with Crippen LogP contribution >= 0.6 is 11.6 Å². The van der Waals surface area contributed by atoms with E-state index in [2.05, 4.69) is 21.2 Å². The number of nitrogens with zero attached hydrogens (tertiary/aromatic N) is 1. The van der Waals surface area contributed by atoms with E-state index in [0.29, 0.717) is 27.7 Å². The van der Waals surface area contributed by atoms with E-state index >= 15 is 0 Å². The number of aryl methyl sites for hydroxylation is 1. The molecule has 0 fully saturated rings. The van der Waals surface area contributed by atoms with Crippen LogP contribution in [0.4, 0.5) is 11.4 Å². The van der Waals surface area contributed by atoms with Gasteiger partial charge in [-0.2, -0.15) is 5.10 Å². The second-order valence-corrected chi connectivity index (χ2v) is 7.37. The topological polar surface area (TPSA) is 109 Å². The number of carbonyl (C=O) groups excluding carboxylic acids is 3. The molecule has 168 valence electrons. The zero-order valence-electron chi connectivity index (χ0n) is 17.7. The summed E-state index contributed by atoms with van der Waals surface area (Å²) in [6.45, 7) is 1.83. The molecule has 0 aromatic heterocycles. The molecule has 0 radical (unpaired) electrons. The van der Waals surface area contributed by atoms with Crippen molar-refractivity contribution in [1.82, 2.24) is 5.43 Å². The lowest BCUT2D eigenvalue weighted by Gasteiger charge is -2.08. The Hall–Kier alpha value is -4.17. The smallest absolute Gasteiger partial charge is 0.329 e. The van der Waals surface area contributed by atoms with Crippen molar-refractivity contribution >= 4 is 46.9 Å². The van der Waals surface area contributed by atoms with E-state index in [1.165, 1.54) is 12.3 Å². The zero-order valence-corrected chi connectivity index (χ0v) is 18.4. The number of halogens is 1. The molecule has 0 atom stereocenters. The van der Waals surface area contributed by atoms with Gasteiger partial charge in [-0.3, -0.25) is 14.4 Å². The number of hydrogen-bond acceptors (Lipinski definition) is 5. The Morgan fingerprint density at radius 1 is 0.909 bits per heavy atom. The number of rotatable bonds is 7. The molecule has 3 rings (SSSR count). The standard InChI is InChI=1S/C24H21ClN4O4/c1-16-5-9-19(10-6-16)27-22(30)15-33-21-11-7-17(8-12-21)14-26-29-24(32)23(31)28-20-4-2-3-18(25)13-20/h2-14H,15H2,1H3,(H,27,30)(H,28,31)(H,29,32)/b26-14-. The van der Waals surface area contributed by atoms with E-state index in [9.17, 15) is 14.4 Å². The lowest BCUT2D eigenvalue weighted by Crippen LogP contribution is -2.32. The Bertz CT molecular complexity index is 1160. The first kappa shape index (κ1) is 23.5. The molecule has 3 amide bonds. The SMILES string of the molecule is Cc1ccc(NC(=O)COc2ccc(/C=N\NC(=O)C(=O)Nc3cccc(Cl)c3)cc2)cc1. The average molecular weight is 465 g/mol. The molecule has 9 heteroatoms. The quantitative estimate of drug-likeness (QED) is 0.281. The normalized spacial score (nSPS) is 10.5. The summed E-state index contributed by atoms with van der Waals surface area (Å²) in [6, 6.07) is 20.6. The van der Waals surface area contributed by atoms with Gasteiger partial charge in [-0.05, 0) is 67.1 Å². The Kier molecular flexibility index (Phi) is 8.15. The number of hydrazone groups is 1. The summed E-state index contributed by atoms with van der Waals surface area (Å²) in [5.41, 5.74) is 5.00. The van der Waals surface area contributed by atoms with Gasteiger partial charge in [0.15, 0.2) is 6.61 Å². The molecule has 0 bridgehead atoms. The maximum absolute atomic E-state index is 12.0. The van der Waals surface area contributed by atoms with E-state index in [1.807, 2.05) is 31.2 Å². The first-order valence-corrected chi connectivity index (χ1v) is 10.3. The molecule has 0 spiro atoms. The molecule has 0 aliphatic rings. The maximum atomic E-state index is 12.0. The van der Waals surface area contributed by atoms with Crippen LogP contribution in [0.1, 0.15) is 11.1 Å². The van der Waals surface area contributed by atoms with Gasteiger partial charge in [-0.25, -0.2) is 5.43 Å². The van der Waals surface area contributed by atoms with Gasteiger partial charge in [0.25, 0.3) is 5.91 Å². The average Bonchev–Trinajstić information content (AvgIpc) is 2.80. The largest absolute Gasteiger partial charge is 0.484 e. The van der Waals surface area contributed by atoms with E-state index in [-0.39, 0.29) is 12.5 Å². The van der Waals surface area contributed by atoms with Crippen LogP contribution < -0.4 is 20.8 Å². The van der Waals surface area contributed by atoms with Crippen molar-refractivity contribution < 1.29 is 19.1 Å². The minimum Gasteiger partial charge on any atom is -0.484 e. The fourth-order valence-electron chi connectivity index (χ4n) is 2.60. The fourth-order valence-corrected chi connectivity index (χ4v) is 2.79. The highest BCUT2D eigenvalue weighted by Crippen LogP contribution is 2.15. The van der Waals surface area contributed by atoms with Crippen molar-refractivity contribution in [3.05, 3.63) is 88.9 Å². The Balaban J connectivity index is 1.42. The summed E-state index contributed by atoms with van der Waals surface area (Å²) in [5.74, 6) is -1.58. The van der Waals surface area contributed by atoms with Crippen LogP contribution in [-0.2, 0) is 14.4 Å². The van der Waals surface area contributed by atoms with Crippen molar-refractivity contribution in [1.29, 1.82) is 0 Å². The molecule has 8 nitrogen and oxygen atoms in total. The summed E-state index contributed by atoms with van der Waals surface area (Å²) in [4.78, 5) is 35.7. The van der Waals surface area contributed by atoms with Crippen LogP contribution in [0.2, 0.25) is 5.02 Å². The number of nitrogens with one attached hydrogen (secondary N) is 3. The minimum absolute atomic E-state index is 0.140. The summed E-state index contributed by atoms with van der Waals surface area (Å²) < 4.78 is 5.47. The first-order chi connectivity index (χ1) is 15.9. The Labute approximate surface area is 195 Å². The summed E-state index contributed by atoms with van der Waals surface area (Å²) in [5, 5.41) is 9.37. The van der Waals surface area contributed by atoms with Crippen molar-refractivity contribution in [3.8, 4) is 5.75 Å². The van der Waals surface area contributed by atoms with Crippen molar-refractivity contribution in [2.45, 2.75) is 6.92 Å². The molecule has 0 unspecified atom stereocenters. The molecule has 3 aromatic rings. The number of ether oxygens (including phenoxy) is 1. The molecule has 3 N–H and O–H groups in total. The second-order valence-electron chi connectivity index (χ2n) is 6.94. The molecular weight excluding hydrogens is 444 g/mol. The Morgan fingerprint density at radius 3 is 2.33 bits per heavy atom. The summed E-state index contributed by atoms with van der Waals surface area (Å²) in [7, 11) is 0. The molecule has 0 saturated heterocycles. The van der Waals surface area contributed by atoms with Gasteiger partial charge in [0.05, 0.1) is 6.21 Å². The summed E-state index contributed by atoms with van der Waals surface area (Å²) in [6.07, 6.45) is 1.37. The third-order valence-electron chi connectivity index (χ3n) is 4.25. The van der Waals surface area contributed by atoms with E-state index < -0.39 is 11.8 Å². The first-order valence-electron chi connectivity index (χ1n) is 9.88. The number of hydrogen-bond donors (Lipinski definition) is 3. The van der Waals surface area contributed by atoms with Gasteiger partial charge < -0.3 is 15.4 Å². The Morgan fingerprint density at radius 2 is 1.64 bits per heavy atom. The van der Waals surface area contributed by atoms with Gasteiger partial charge in [0.1, 0.15) is 5.75 Å².